The summed E-state index contributed by atoms with van der Waals surface area (Å²) in [5.41, 5.74) is 5.57. The quantitative estimate of drug-likeness (QED) is 0.640. The van der Waals surface area contributed by atoms with Gasteiger partial charge in [0, 0.05) is 34.7 Å². The van der Waals surface area contributed by atoms with Gasteiger partial charge in [-0.05, 0) is 12.1 Å². The molecule has 0 aliphatic heterocycles. The Bertz CT molecular complexity index is 435. The third kappa shape index (κ3) is 2.94. The summed E-state index contributed by atoms with van der Waals surface area (Å²) in [5.74, 6) is 0. The van der Waals surface area contributed by atoms with Crippen molar-refractivity contribution in [3.63, 3.8) is 0 Å². The maximum atomic E-state index is 10.9. The van der Waals surface area contributed by atoms with Crippen molar-refractivity contribution in [3.05, 3.63) is 38.9 Å². The van der Waals surface area contributed by atoms with Crippen molar-refractivity contribution in [2.45, 2.75) is 19.9 Å². The first-order valence-electron chi connectivity index (χ1n) is 5.10. The van der Waals surface area contributed by atoms with Crippen LogP contribution in [0, 0.1) is 15.5 Å². The van der Waals surface area contributed by atoms with Crippen LogP contribution in [-0.4, -0.2) is 16.6 Å². The fourth-order valence-corrected chi connectivity index (χ4v) is 1.64. The fraction of sp³-hybridized carbons (Fsp3) is 0.455. The largest absolute Gasteiger partial charge is 0.396 e. The third-order valence-electron chi connectivity index (χ3n) is 2.77. The van der Waals surface area contributed by atoms with E-state index in [1.54, 1.807) is 13.8 Å². The second kappa shape index (κ2) is 5.00. The van der Waals surface area contributed by atoms with E-state index in [-0.39, 0.29) is 12.3 Å². The van der Waals surface area contributed by atoms with E-state index in [2.05, 4.69) is 0 Å². The standard InChI is InChI=1S/C11H15ClN2O3/c1-11(2,6-15)10(13)8-5-7(12)3-4-9(8)14(16)17/h3-5,10,15H,6,13H2,1-2H3/t10-/m0/s1. The molecule has 0 saturated heterocycles. The van der Waals surface area contributed by atoms with Crippen LogP contribution in [-0.2, 0) is 0 Å². The Labute approximate surface area is 104 Å². The van der Waals surface area contributed by atoms with Crippen molar-refractivity contribution in [3.8, 4) is 0 Å². The molecule has 0 aliphatic rings. The highest BCUT2D eigenvalue weighted by atomic mass is 35.5. The molecule has 5 nitrogen and oxygen atoms in total. The van der Waals surface area contributed by atoms with Crippen LogP contribution in [0.4, 0.5) is 5.69 Å². The summed E-state index contributed by atoms with van der Waals surface area (Å²) < 4.78 is 0. The highest BCUT2D eigenvalue weighted by Gasteiger charge is 2.31. The smallest absolute Gasteiger partial charge is 0.274 e. The lowest BCUT2D eigenvalue weighted by molar-refractivity contribution is -0.385. The molecule has 0 spiro atoms. The lowest BCUT2D eigenvalue weighted by atomic mass is 9.81. The lowest BCUT2D eigenvalue weighted by Crippen LogP contribution is -2.32. The van der Waals surface area contributed by atoms with Gasteiger partial charge in [-0.1, -0.05) is 25.4 Å². The Morgan fingerprint density at radius 2 is 2.18 bits per heavy atom. The Morgan fingerprint density at radius 1 is 1.59 bits per heavy atom. The zero-order valence-corrected chi connectivity index (χ0v) is 10.4. The van der Waals surface area contributed by atoms with E-state index in [1.165, 1.54) is 18.2 Å². The maximum absolute atomic E-state index is 10.9. The van der Waals surface area contributed by atoms with Crippen LogP contribution in [0.1, 0.15) is 25.5 Å². The minimum Gasteiger partial charge on any atom is -0.396 e. The molecule has 6 heteroatoms. The Kier molecular flexibility index (Phi) is 4.08. The van der Waals surface area contributed by atoms with Crippen LogP contribution < -0.4 is 5.73 Å². The Balaban J connectivity index is 3.29. The van der Waals surface area contributed by atoms with Crippen molar-refractivity contribution in [2.75, 3.05) is 6.61 Å². The summed E-state index contributed by atoms with van der Waals surface area (Å²) >= 11 is 5.82. The van der Waals surface area contributed by atoms with Crippen molar-refractivity contribution < 1.29 is 10.0 Å². The van der Waals surface area contributed by atoms with Crippen molar-refractivity contribution in [1.29, 1.82) is 0 Å². The number of nitro groups is 1. The van der Waals surface area contributed by atoms with E-state index in [0.29, 0.717) is 10.6 Å². The van der Waals surface area contributed by atoms with Gasteiger partial charge in [0.25, 0.3) is 5.69 Å². The molecule has 0 fully saturated rings. The Hall–Kier alpha value is -1.17. The first kappa shape index (κ1) is 13.9. The summed E-state index contributed by atoms with van der Waals surface area (Å²) in [6.07, 6.45) is 0. The monoisotopic (exact) mass is 258 g/mol. The predicted octanol–water partition coefficient (Wildman–Crippen LogP) is 2.27. The molecule has 0 aromatic heterocycles. The number of nitrogens with zero attached hydrogens (tertiary/aromatic N) is 1. The molecule has 0 amide bonds. The van der Waals surface area contributed by atoms with Gasteiger partial charge in [-0.15, -0.1) is 0 Å². The number of aliphatic hydroxyl groups is 1. The molecular weight excluding hydrogens is 244 g/mol. The predicted molar refractivity (Wildman–Crippen MR) is 65.9 cm³/mol. The number of hydrogen-bond donors (Lipinski definition) is 2. The van der Waals surface area contributed by atoms with Gasteiger partial charge in [0.15, 0.2) is 0 Å². The molecule has 0 unspecified atom stereocenters. The number of benzene rings is 1. The highest BCUT2D eigenvalue weighted by Crippen LogP contribution is 2.36. The van der Waals surface area contributed by atoms with Gasteiger partial charge in [-0.3, -0.25) is 10.1 Å². The van der Waals surface area contributed by atoms with E-state index < -0.39 is 16.4 Å². The van der Waals surface area contributed by atoms with Crippen molar-refractivity contribution >= 4 is 17.3 Å². The molecule has 94 valence electrons. The van der Waals surface area contributed by atoms with E-state index in [0.717, 1.165) is 0 Å². The molecule has 17 heavy (non-hydrogen) atoms. The molecule has 0 heterocycles. The van der Waals surface area contributed by atoms with Crippen LogP contribution in [0.25, 0.3) is 0 Å². The fourth-order valence-electron chi connectivity index (χ4n) is 1.46. The molecular formula is C11H15ClN2O3. The SMILES string of the molecule is CC(C)(CO)[C@@H](N)c1cc(Cl)ccc1[N+](=O)[O-]. The number of nitro benzene ring substituents is 1. The van der Waals surface area contributed by atoms with E-state index >= 15 is 0 Å². The molecule has 1 aromatic carbocycles. The van der Waals surface area contributed by atoms with Gasteiger partial charge in [-0.25, -0.2) is 0 Å². The van der Waals surface area contributed by atoms with Gasteiger partial charge in [-0.2, -0.15) is 0 Å². The summed E-state index contributed by atoms with van der Waals surface area (Å²) in [4.78, 5) is 10.4. The van der Waals surface area contributed by atoms with Crippen LogP contribution in [0.15, 0.2) is 18.2 Å². The second-order valence-corrected chi connectivity index (χ2v) is 5.02. The number of halogens is 1. The van der Waals surface area contributed by atoms with E-state index in [4.69, 9.17) is 17.3 Å². The average molecular weight is 259 g/mol. The van der Waals surface area contributed by atoms with Crippen LogP contribution in [0.2, 0.25) is 5.02 Å². The maximum Gasteiger partial charge on any atom is 0.274 e. The van der Waals surface area contributed by atoms with Crippen molar-refractivity contribution in [2.24, 2.45) is 11.1 Å². The third-order valence-corrected chi connectivity index (χ3v) is 3.01. The summed E-state index contributed by atoms with van der Waals surface area (Å²) in [6, 6.07) is 3.58. The number of nitrogens with two attached hydrogens (primary N) is 1. The lowest BCUT2D eigenvalue weighted by Gasteiger charge is -2.29. The molecule has 1 aromatic rings. The normalized spacial score (nSPS) is 13.5. The van der Waals surface area contributed by atoms with Crippen molar-refractivity contribution in [1.82, 2.24) is 0 Å². The molecule has 0 radical (unpaired) electrons. The first-order valence-corrected chi connectivity index (χ1v) is 5.47. The highest BCUT2D eigenvalue weighted by molar-refractivity contribution is 6.30. The minimum atomic E-state index is -0.661. The van der Waals surface area contributed by atoms with E-state index in [1.807, 2.05) is 0 Å². The molecule has 3 N–H and O–H groups in total. The summed E-state index contributed by atoms with van der Waals surface area (Å²) in [5, 5.41) is 20.5. The summed E-state index contributed by atoms with van der Waals surface area (Å²) in [6.45, 7) is 3.31. The van der Waals surface area contributed by atoms with E-state index in [9.17, 15) is 15.2 Å². The number of hydrogen-bond acceptors (Lipinski definition) is 4. The average Bonchev–Trinajstić information content (AvgIpc) is 2.27. The second-order valence-electron chi connectivity index (χ2n) is 4.58. The van der Waals surface area contributed by atoms with Crippen LogP contribution in [0.3, 0.4) is 0 Å². The topological polar surface area (TPSA) is 89.4 Å². The Morgan fingerprint density at radius 3 is 2.65 bits per heavy atom. The molecule has 0 aliphatic carbocycles. The zero-order chi connectivity index (χ0) is 13.2. The van der Waals surface area contributed by atoms with Crippen LogP contribution in [0.5, 0.6) is 0 Å². The molecule has 1 rings (SSSR count). The van der Waals surface area contributed by atoms with Gasteiger partial charge in [0.2, 0.25) is 0 Å². The molecule has 1 atom stereocenters. The number of aliphatic hydroxyl groups excluding tert-OH is 1. The van der Waals surface area contributed by atoms with Crippen LogP contribution >= 0.6 is 11.6 Å². The van der Waals surface area contributed by atoms with Gasteiger partial charge in [0.05, 0.1) is 4.92 Å². The minimum absolute atomic E-state index is 0.0802. The number of rotatable bonds is 4. The van der Waals surface area contributed by atoms with Gasteiger partial charge >= 0.3 is 0 Å². The molecule has 0 bridgehead atoms. The molecule has 0 saturated carbocycles. The van der Waals surface area contributed by atoms with Gasteiger partial charge in [0.1, 0.15) is 0 Å². The zero-order valence-electron chi connectivity index (χ0n) is 9.68. The van der Waals surface area contributed by atoms with Gasteiger partial charge < -0.3 is 10.8 Å². The summed E-state index contributed by atoms with van der Waals surface area (Å²) in [7, 11) is 0. The first-order chi connectivity index (χ1) is 7.79.